The van der Waals surface area contributed by atoms with Crippen molar-refractivity contribution in [3.63, 3.8) is 0 Å². The van der Waals surface area contributed by atoms with Crippen molar-refractivity contribution >= 4 is 11.9 Å². The lowest BCUT2D eigenvalue weighted by Gasteiger charge is -2.36. The molecule has 2 aliphatic rings. The molecule has 4 atom stereocenters. The Morgan fingerprint density at radius 2 is 2.06 bits per heavy atom. The van der Waals surface area contributed by atoms with E-state index in [4.69, 9.17) is 0 Å². The first-order chi connectivity index (χ1) is 7.49. The summed E-state index contributed by atoms with van der Waals surface area (Å²) in [6, 6.07) is -2.66. The van der Waals surface area contributed by atoms with Crippen LogP contribution in [-0.4, -0.2) is 35.1 Å². The maximum atomic E-state index is 13.4. The van der Waals surface area contributed by atoms with E-state index in [1.54, 1.807) is 0 Å². The van der Waals surface area contributed by atoms with Crippen molar-refractivity contribution in [2.75, 3.05) is 0 Å². The van der Waals surface area contributed by atoms with Crippen LogP contribution in [0.4, 0.5) is 9.18 Å². The van der Waals surface area contributed by atoms with Gasteiger partial charge in [-0.1, -0.05) is 0 Å². The van der Waals surface area contributed by atoms with E-state index in [1.807, 2.05) is 5.32 Å². The lowest BCUT2D eigenvalue weighted by molar-refractivity contribution is -0.536. The zero-order chi connectivity index (χ0) is 11.9. The molecule has 16 heavy (non-hydrogen) atoms. The number of hydrogen-bond donors (Lipinski definition) is 2. The van der Waals surface area contributed by atoms with Crippen molar-refractivity contribution in [2.24, 2.45) is 5.92 Å². The van der Waals surface area contributed by atoms with Crippen molar-refractivity contribution in [2.45, 2.75) is 31.1 Å². The molecule has 0 aromatic rings. The third-order valence-corrected chi connectivity index (χ3v) is 3.04. The second kappa shape index (κ2) is 3.69. The molecule has 0 aromatic carbocycles. The van der Waals surface area contributed by atoms with E-state index in [9.17, 15) is 24.1 Å². The van der Waals surface area contributed by atoms with Gasteiger partial charge < -0.3 is 5.32 Å². The van der Waals surface area contributed by atoms with Gasteiger partial charge in [0.1, 0.15) is 0 Å². The molecule has 8 heteroatoms. The predicted molar refractivity (Wildman–Crippen MR) is 48.9 cm³/mol. The Morgan fingerprint density at radius 3 is 2.69 bits per heavy atom. The number of fused-ring (bicyclic) bond motifs is 1. The van der Waals surface area contributed by atoms with Gasteiger partial charge in [-0.05, 0) is 0 Å². The van der Waals surface area contributed by atoms with Crippen molar-refractivity contribution in [1.29, 1.82) is 0 Å². The van der Waals surface area contributed by atoms with Gasteiger partial charge in [0, 0.05) is 23.8 Å². The lowest BCUT2D eigenvalue weighted by atomic mass is 9.79. The summed E-state index contributed by atoms with van der Waals surface area (Å²) in [7, 11) is 0. The summed E-state index contributed by atoms with van der Waals surface area (Å²) < 4.78 is 13.4. The van der Waals surface area contributed by atoms with Gasteiger partial charge in [-0.15, -0.1) is 0 Å². The van der Waals surface area contributed by atoms with Crippen molar-refractivity contribution in [3.8, 4) is 0 Å². The van der Waals surface area contributed by atoms with Gasteiger partial charge in [-0.25, -0.2) is 9.18 Å². The third kappa shape index (κ3) is 1.70. The van der Waals surface area contributed by atoms with E-state index in [2.05, 4.69) is 5.32 Å². The zero-order valence-corrected chi connectivity index (χ0v) is 8.18. The fraction of sp³-hybridized carbons (Fsp3) is 0.750. The first-order valence-electron chi connectivity index (χ1n) is 4.88. The Kier molecular flexibility index (Phi) is 2.49. The van der Waals surface area contributed by atoms with E-state index in [1.165, 1.54) is 0 Å². The second-order valence-corrected chi connectivity index (χ2v) is 4.02. The molecule has 7 nitrogen and oxygen atoms in total. The number of nitrogens with zero attached hydrogens (tertiary/aromatic N) is 1. The van der Waals surface area contributed by atoms with Gasteiger partial charge in [0.15, 0.2) is 6.17 Å². The van der Waals surface area contributed by atoms with Gasteiger partial charge >= 0.3 is 6.03 Å². The minimum absolute atomic E-state index is 0.176. The largest absolute Gasteiger partial charge is 0.334 e. The van der Waals surface area contributed by atoms with E-state index in [0.29, 0.717) is 0 Å². The van der Waals surface area contributed by atoms with E-state index >= 15 is 0 Å². The molecule has 0 aromatic heterocycles. The number of halogens is 1. The van der Waals surface area contributed by atoms with Crippen LogP contribution in [0.1, 0.15) is 12.8 Å². The van der Waals surface area contributed by atoms with Gasteiger partial charge in [0.25, 0.3) is 0 Å². The van der Waals surface area contributed by atoms with Crippen LogP contribution < -0.4 is 10.6 Å². The average Bonchev–Trinajstić information content (AvgIpc) is 2.15. The molecule has 1 aliphatic heterocycles. The van der Waals surface area contributed by atoms with Gasteiger partial charge in [0.05, 0.1) is 5.92 Å². The second-order valence-electron chi connectivity index (χ2n) is 4.02. The highest BCUT2D eigenvalue weighted by Gasteiger charge is 2.49. The average molecular weight is 231 g/mol. The van der Waals surface area contributed by atoms with Crippen LogP contribution in [0.25, 0.3) is 0 Å². The quantitative estimate of drug-likeness (QED) is 0.473. The SMILES string of the molecule is O=C1NC(=O)C2CC([N+](=O)[O-])C(F)CC2N1. The van der Waals surface area contributed by atoms with E-state index in [0.717, 1.165) is 0 Å². The number of carbonyl (C=O) groups excluding carboxylic acids is 2. The highest BCUT2D eigenvalue weighted by Crippen LogP contribution is 2.30. The topological polar surface area (TPSA) is 101 Å². The van der Waals surface area contributed by atoms with E-state index < -0.39 is 41.0 Å². The third-order valence-electron chi connectivity index (χ3n) is 3.04. The number of hydrogen-bond acceptors (Lipinski definition) is 4. The van der Waals surface area contributed by atoms with Crippen molar-refractivity contribution < 1.29 is 18.9 Å². The van der Waals surface area contributed by atoms with Crippen LogP contribution in [-0.2, 0) is 4.79 Å². The van der Waals surface area contributed by atoms with Crippen LogP contribution in [0.3, 0.4) is 0 Å². The molecule has 1 saturated carbocycles. The molecule has 2 rings (SSSR count). The Hall–Kier alpha value is -1.73. The van der Waals surface area contributed by atoms with Crippen LogP contribution >= 0.6 is 0 Å². The summed E-state index contributed by atoms with van der Waals surface area (Å²) in [5, 5.41) is 15.0. The summed E-state index contributed by atoms with van der Waals surface area (Å²) in [6.07, 6.45) is -1.98. The number of nitrogens with one attached hydrogen (secondary N) is 2. The summed E-state index contributed by atoms with van der Waals surface area (Å²) in [6.45, 7) is 0. The minimum atomic E-state index is -1.62. The number of carbonyl (C=O) groups is 2. The zero-order valence-electron chi connectivity index (χ0n) is 8.18. The monoisotopic (exact) mass is 231 g/mol. The summed E-state index contributed by atoms with van der Waals surface area (Å²) in [4.78, 5) is 32.2. The Balaban J connectivity index is 2.16. The van der Waals surface area contributed by atoms with Crippen LogP contribution in [0, 0.1) is 16.0 Å². The summed E-state index contributed by atoms with van der Waals surface area (Å²) >= 11 is 0. The number of alkyl halides is 1. The molecule has 1 heterocycles. The van der Waals surface area contributed by atoms with Gasteiger partial charge in [-0.2, -0.15) is 0 Å². The van der Waals surface area contributed by atoms with Crippen LogP contribution in [0.5, 0.6) is 0 Å². The Morgan fingerprint density at radius 1 is 1.38 bits per heavy atom. The highest BCUT2D eigenvalue weighted by atomic mass is 19.1. The fourth-order valence-electron chi connectivity index (χ4n) is 2.21. The lowest BCUT2D eigenvalue weighted by Crippen LogP contribution is -2.62. The number of urea groups is 1. The number of rotatable bonds is 1. The minimum Gasteiger partial charge on any atom is -0.334 e. The maximum absolute atomic E-state index is 13.4. The molecule has 0 radical (unpaired) electrons. The molecule has 88 valence electrons. The molecule has 2 fully saturated rings. The molecule has 2 N–H and O–H groups in total. The molecular weight excluding hydrogens is 221 g/mol. The predicted octanol–water partition coefficient (Wildman–Crippen LogP) is -0.412. The molecule has 0 spiro atoms. The standard InChI is InChI=1S/C8H10FN3O4/c9-4-2-5-3(1-6(4)12(15)16)7(13)11-8(14)10-5/h3-6H,1-2H2,(H2,10,11,13,14). The molecule has 4 unspecified atom stereocenters. The van der Waals surface area contributed by atoms with Gasteiger partial charge in [-0.3, -0.25) is 20.2 Å². The summed E-state index contributed by atoms with van der Waals surface area (Å²) in [5.74, 6) is -1.27. The first-order valence-corrected chi connectivity index (χ1v) is 4.88. The Labute approximate surface area is 89.5 Å². The highest BCUT2D eigenvalue weighted by molar-refractivity contribution is 5.98. The Bertz CT molecular complexity index is 361. The molecular formula is C8H10FN3O4. The number of imide groups is 1. The fourth-order valence-corrected chi connectivity index (χ4v) is 2.21. The van der Waals surface area contributed by atoms with Crippen LogP contribution in [0.2, 0.25) is 0 Å². The number of amides is 3. The van der Waals surface area contributed by atoms with Crippen molar-refractivity contribution in [1.82, 2.24) is 10.6 Å². The molecule has 3 amide bonds. The first kappa shape index (κ1) is 10.8. The van der Waals surface area contributed by atoms with E-state index in [-0.39, 0.29) is 12.8 Å². The molecule has 1 saturated heterocycles. The van der Waals surface area contributed by atoms with Crippen molar-refractivity contribution in [3.05, 3.63) is 10.1 Å². The van der Waals surface area contributed by atoms with Crippen LogP contribution in [0.15, 0.2) is 0 Å². The molecule has 1 aliphatic carbocycles. The van der Waals surface area contributed by atoms with Gasteiger partial charge in [0.2, 0.25) is 11.9 Å². The summed E-state index contributed by atoms with van der Waals surface area (Å²) in [5.41, 5.74) is 0. The maximum Gasteiger partial charge on any atom is 0.321 e. The number of nitro groups is 1. The smallest absolute Gasteiger partial charge is 0.321 e. The molecule has 0 bridgehead atoms. The normalized spacial score (nSPS) is 38.3.